The second-order valence-electron chi connectivity index (χ2n) is 7.60. The summed E-state index contributed by atoms with van der Waals surface area (Å²) in [7, 11) is 0. The molecule has 2 fully saturated rings. The summed E-state index contributed by atoms with van der Waals surface area (Å²) in [6, 6.07) is 12.4. The van der Waals surface area contributed by atoms with Crippen molar-refractivity contribution in [2.75, 3.05) is 6.54 Å². The molecule has 1 saturated carbocycles. The van der Waals surface area contributed by atoms with Crippen LogP contribution in [0.15, 0.2) is 42.5 Å². The standard InChI is InChI=1S/C20H20F3N5/c21-20(22,23)17-9-8-16-18(25-17)19(28(27-16)14-4-2-1-3-5-14)12-6-7-15-13(10-12)11-24-26-15/h1-5,8-9,12-13,15,24,26H,6-7,10-11H2. The molecule has 146 valence electrons. The molecule has 1 aliphatic heterocycles. The van der Waals surface area contributed by atoms with E-state index >= 15 is 0 Å². The molecule has 3 atom stereocenters. The predicted octanol–water partition coefficient (Wildman–Crippen LogP) is 3.80. The molecule has 1 aliphatic carbocycles. The Morgan fingerprint density at radius 1 is 1.04 bits per heavy atom. The molecule has 3 unspecified atom stereocenters. The molecule has 1 aromatic carbocycles. The Hall–Kier alpha value is -2.45. The van der Waals surface area contributed by atoms with Gasteiger partial charge in [0, 0.05) is 18.5 Å². The van der Waals surface area contributed by atoms with Crippen LogP contribution in [-0.4, -0.2) is 27.4 Å². The van der Waals surface area contributed by atoms with Gasteiger partial charge in [0.1, 0.15) is 16.7 Å². The van der Waals surface area contributed by atoms with E-state index in [4.69, 9.17) is 0 Å². The largest absolute Gasteiger partial charge is 0.433 e. The topological polar surface area (TPSA) is 54.8 Å². The molecule has 8 heteroatoms. The monoisotopic (exact) mass is 387 g/mol. The minimum atomic E-state index is -4.47. The number of para-hydroxylation sites is 1. The van der Waals surface area contributed by atoms with Gasteiger partial charge in [-0.2, -0.15) is 18.3 Å². The molecule has 0 amide bonds. The third kappa shape index (κ3) is 2.97. The van der Waals surface area contributed by atoms with Crippen molar-refractivity contribution in [1.29, 1.82) is 0 Å². The number of nitrogens with one attached hydrogen (secondary N) is 2. The molecule has 28 heavy (non-hydrogen) atoms. The molecule has 1 saturated heterocycles. The highest BCUT2D eigenvalue weighted by Gasteiger charge is 2.38. The summed E-state index contributed by atoms with van der Waals surface area (Å²) >= 11 is 0. The van der Waals surface area contributed by atoms with E-state index in [9.17, 15) is 13.2 Å². The fraction of sp³-hybridized carbons (Fsp3) is 0.400. The van der Waals surface area contributed by atoms with Crippen molar-refractivity contribution in [2.24, 2.45) is 5.92 Å². The zero-order chi connectivity index (χ0) is 19.3. The molecule has 3 aromatic rings. The van der Waals surface area contributed by atoms with Crippen LogP contribution in [0.2, 0.25) is 0 Å². The van der Waals surface area contributed by atoms with E-state index in [1.807, 2.05) is 30.3 Å². The van der Waals surface area contributed by atoms with Crippen LogP contribution in [-0.2, 0) is 6.18 Å². The van der Waals surface area contributed by atoms with Crippen molar-refractivity contribution in [3.05, 3.63) is 53.9 Å². The first-order chi connectivity index (χ1) is 13.5. The second kappa shape index (κ2) is 6.56. The third-order valence-corrected chi connectivity index (χ3v) is 5.86. The van der Waals surface area contributed by atoms with Gasteiger partial charge in [-0.1, -0.05) is 18.2 Å². The summed E-state index contributed by atoms with van der Waals surface area (Å²) in [6.45, 7) is 0.875. The lowest BCUT2D eigenvalue weighted by molar-refractivity contribution is -0.140. The van der Waals surface area contributed by atoms with Gasteiger partial charge in [-0.25, -0.2) is 9.67 Å². The van der Waals surface area contributed by atoms with Crippen LogP contribution in [0.4, 0.5) is 13.2 Å². The van der Waals surface area contributed by atoms with Gasteiger partial charge in [-0.05, 0) is 49.4 Å². The summed E-state index contributed by atoms with van der Waals surface area (Å²) in [5, 5.41) is 4.62. The predicted molar refractivity (Wildman–Crippen MR) is 98.9 cm³/mol. The number of nitrogens with zero attached hydrogens (tertiary/aromatic N) is 3. The van der Waals surface area contributed by atoms with Gasteiger partial charge in [-0.3, -0.25) is 10.9 Å². The van der Waals surface area contributed by atoms with Crippen LogP contribution < -0.4 is 10.9 Å². The molecular formula is C20H20F3N5. The summed E-state index contributed by atoms with van der Waals surface area (Å²) in [5.41, 5.74) is 8.13. The van der Waals surface area contributed by atoms with Crippen molar-refractivity contribution in [3.8, 4) is 5.69 Å². The van der Waals surface area contributed by atoms with Crippen molar-refractivity contribution >= 4 is 11.0 Å². The minimum Gasteiger partial charge on any atom is -0.257 e. The Morgan fingerprint density at radius 3 is 2.64 bits per heavy atom. The number of alkyl halides is 3. The van der Waals surface area contributed by atoms with Crippen molar-refractivity contribution in [2.45, 2.75) is 37.4 Å². The van der Waals surface area contributed by atoms with E-state index in [2.05, 4.69) is 20.9 Å². The van der Waals surface area contributed by atoms with E-state index in [0.29, 0.717) is 23.0 Å². The van der Waals surface area contributed by atoms with Gasteiger partial charge in [0.05, 0.1) is 11.4 Å². The molecule has 0 radical (unpaired) electrons. The van der Waals surface area contributed by atoms with Crippen LogP contribution in [0.1, 0.15) is 36.6 Å². The highest BCUT2D eigenvalue weighted by molar-refractivity contribution is 5.79. The highest BCUT2D eigenvalue weighted by Crippen LogP contribution is 2.41. The lowest BCUT2D eigenvalue weighted by Gasteiger charge is -2.31. The van der Waals surface area contributed by atoms with Gasteiger partial charge in [-0.15, -0.1) is 0 Å². The fourth-order valence-electron chi connectivity index (χ4n) is 4.52. The maximum absolute atomic E-state index is 13.3. The Morgan fingerprint density at radius 2 is 1.86 bits per heavy atom. The molecule has 0 spiro atoms. The number of hydrazine groups is 1. The first kappa shape index (κ1) is 17.6. The van der Waals surface area contributed by atoms with Crippen LogP contribution in [0.5, 0.6) is 0 Å². The maximum Gasteiger partial charge on any atom is 0.433 e. The summed E-state index contributed by atoms with van der Waals surface area (Å²) in [5.74, 6) is 0.572. The van der Waals surface area contributed by atoms with Crippen LogP contribution >= 0.6 is 0 Å². The van der Waals surface area contributed by atoms with Crippen LogP contribution in [0.3, 0.4) is 0 Å². The fourth-order valence-corrected chi connectivity index (χ4v) is 4.52. The quantitative estimate of drug-likeness (QED) is 0.702. The van der Waals surface area contributed by atoms with E-state index in [-0.39, 0.29) is 5.92 Å². The van der Waals surface area contributed by atoms with Crippen LogP contribution in [0.25, 0.3) is 16.7 Å². The summed E-state index contributed by atoms with van der Waals surface area (Å²) in [4.78, 5) is 4.01. The van der Waals surface area contributed by atoms with Crippen molar-refractivity contribution < 1.29 is 13.2 Å². The van der Waals surface area contributed by atoms with Crippen molar-refractivity contribution in [1.82, 2.24) is 25.6 Å². The van der Waals surface area contributed by atoms with Gasteiger partial charge in [0.2, 0.25) is 0 Å². The first-order valence-electron chi connectivity index (χ1n) is 9.51. The molecule has 5 nitrogen and oxygen atoms in total. The SMILES string of the molecule is FC(F)(F)c1ccc2nn(-c3ccccc3)c(C3CCC4NNCC4C3)c2n1. The molecule has 2 aliphatic rings. The highest BCUT2D eigenvalue weighted by atomic mass is 19.4. The second-order valence-corrected chi connectivity index (χ2v) is 7.60. The molecule has 5 rings (SSSR count). The zero-order valence-corrected chi connectivity index (χ0v) is 15.1. The lowest BCUT2D eigenvalue weighted by atomic mass is 9.77. The average molecular weight is 387 g/mol. The third-order valence-electron chi connectivity index (χ3n) is 5.86. The number of benzene rings is 1. The summed E-state index contributed by atoms with van der Waals surface area (Å²) in [6.07, 6.45) is -1.71. The zero-order valence-electron chi connectivity index (χ0n) is 15.1. The van der Waals surface area contributed by atoms with Crippen molar-refractivity contribution in [3.63, 3.8) is 0 Å². The Balaban J connectivity index is 1.67. The van der Waals surface area contributed by atoms with Gasteiger partial charge in [0.15, 0.2) is 0 Å². The lowest BCUT2D eigenvalue weighted by Crippen LogP contribution is -2.35. The van der Waals surface area contributed by atoms with Gasteiger partial charge < -0.3 is 0 Å². The number of aromatic nitrogens is 3. The Kier molecular flexibility index (Phi) is 4.13. The number of rotatable bonds is 2. The van der Waals surface area contributed by atoms with E-state index in [0.717, 1.165) is 43.3 Å². The molecule has 2 N–H and O–H groups in total. The Bertz CT molecular complexity index is 998. The number of fused-ring (bicyclic) bond motifs is 2. The van der Waals surface area contributed by atoms with Gasteiger partial charge in [0.25, 0.3) is 0 Å². The minimum absolute atomic E-state index is 0.115. The maximum atomic E-state index is 13.3. The number of hydrogen-bond acceptors (Lipinski definition) is 4. The van der Waals surface area contributed by atoms with Crippen LogP contribution in [0, 0.1) is 5.92 Å². The smallest absolute Gasteiger partial charge is 0.257 e. The molecule has 0 bridgehead atoms. The molecule has 3 heterocycles. The first-order valence-corrected chi connectivity index (χ1v) is 9.51. The molecular weight excluding hydrogens is 367 g/mol. The van der Waals surface area contributed by atoms with Gasteiger partial charge >= 0.3 is 6.18 Å². The number of halogens is 3. The Labute approximate surface area is 159 Å². The normalized spacial score (nSPS) is 25.2. The van der Waals surface area contributed by atoms with E-state index in [1.165, 1.54) is 6.07 Å². The molecule has 2 aromatic heterocycles. The average Bonchev–Trinajstić information content (AvgIpc) is 3.31. The van der Waals surface area contributed by atoms with E-state index in [1.54, 1.807) is 4.68 Å². The number of pyridine rings is 1. The van der Waals surface area contributed by atoms with E-state index < -0.39 is 11.9 Å². The number of hydrogen-bond donors (Lipinski definition) is 2. The summed E-state index contributed by atoms with van der Waals surface area (Å²) < 4.78 is 41.7.